The van der Waals surface area contributed by atoms with Crippen LogP contribution in [0, 0.1) is 0 Å². The van der Waals surface area contributed by atoms with Gasteiger partial charge in [-0.05, 0) is 192 Å². The number of benzene rings is 10. The summed E-state index contributed by atoms with van der Waals surface area (Å²) in [7, 11) is 4.39. The molecule has 0 aliphatic carbocycles. The fraction of sp³-hybridized carbons (Fsp3) is 0.350. The number of ether oxygens (including phenoxy) is 1. The largest absolute Gasteiger partial charge is 0.496 e. The molecule has 6 atom stereocenters. The van der Waals surface area contributed by atoms with Gasteiger partial charge in [0, 0.05) is 71.5 Å². The Kier molecular flexibility index (Phi) is 18.8. The number of halogens is 2. The summed E-state index contributed by atoms with van der Waals surface area (Å²) >= 11 is 8.17. The molecule has 0 bridgehead atoms. The van der Waals surface area contributed by atoms with Gasteiger partial charge in [-0.2, -0.15) is 0 Å². The predicted octanol–water partition coefficient (Wildman–Crippen LogP) is 18.6. The number of rotatable bonds is 23. The first kappa shape index (κ1) is 61.5. The Bertz CT molecular complexity index is 4060. The molecule has 0 N–H and O–H groups in total. The molecule has 3 saturated heterocycles. The molecule has 6 unspecified atom stereocenters. The van der Waals surface area contributed by atoms with Gasteiger partial charge in [0.05, 0.1) is 24.2 Å². The third kappa shape index (κ3) is 11.8. The third-order valence-electron chi connectivity index (χ3n) is 21.1. The van der Waals surface area contributed by atoms with Crippen molar-refractivity contribution in [2.45, 2.75) is 114 Å². The second-order valence-electron chi connectivity index (χ2n) is 25.6. The van der Waals surface area contributed by atoms with Crippen LogP contribution in [0.5, 0.6) is 5.75 Å². The van der Waals surface area contributed by atoms with E-state index < -0.39 is 11.1 Å². The Hall–Kier alpha value is -6.40. The van der Waals surface area contributed by atoms with Gasteiger partial charge in [0.1, 0.15) is 5.75 Å². The second-order valence-corrected chi connectivity index (χ2v) is 27.4. The van der Waals surface area contributed by atoms with Gasteiger partial charge in [0.15, 0.2) is 0 Å². The number of fused-ring (bicyclic) bond motifs is 4. The maximum absolute atomic E-state index is 6.58. The highest BCUT2D eigenvalue weighted by atomic mass is 79.9. The first-order valence-corrected chi connectivity index (χ1v) is 34.7. The van der Waals surface area contributed by atoms with Gasteiger partial charge in [-0.25, -0.2) is 0 Å². The predicted molar refractivity (Wildman–Crippen MR) is 381 cm³/mol. The van der Waals surface area contributed by atoms with E-state index >= 15 is 0 Å². The molecule has 0 aromatic heterocycles. The van der Waals surface area contributed by atoms with E-state index in [1.807, 2.05) is 7.11 Å². The Balaban J connectivity index is 1.32. The number of hydrogen-bond acceptors (Lipinski definition) is 7. The van der Waals surface area contributed by atoms with Crippen molar-refractivity contribution in [1.29, 1.82) is 0 Å². The normalized spacial score (nSPS) is 19.4. The molecule has 0 amide bonds. The third-order valence-corrected chi connectivity index (χ3v) is 22.1. The van der Waals surface area contributed by atoms with Crippen molar-refractivity contribution in [2.24, 2.45) is 0 Å². The molecular weight excluding hydrogens is 1220 g/mol. The zero-order valence-electron chi connectivity index (χ0n) is 52.9. The van der Waals surface area contributed by atoms with Crippen LogP contribution in [-0.2, 0) is 24.2 Å². The molecule has 0 saturated carbocycles. The Morgan fingerprint density at radius 1 is 0.494 bits per heavy atom. The van der Waals surface area contributed by atoms with Crippen LogP contribution in [0.3, 0.4) is 0 Å². The molecule has 89 heavy (non-hydrogen) atoms. The standard InChI is InChI=1S/C80H88Br2N6O/c1-6-84-47-21-34-68(84)53-79(75-41-19-31-61-27-12-15-38-72(61)75,83(4)67-45-43-59-25-9-10-29-63(59)52-67)80(76-42-20-32-62-28-13-16-39-73(62)76,88(54-58-24-17-33-65(81)50-58)57-70-36-23-49-86(70)8-3)78(74-40-18-30-60-26-11-14-37-71(60)74)87(56-69-35-22-48-85(69)7-2)55-64-51-66(82)44-46-77(64)89-5/h9-20,24-33,37-46,50-52,68-70,78H,6-8,21-23,34-36,47-49,53-57H2,1-5H3. The molecule has 3 fully saturated rings. The minimum atomic E-state index is -1.02. The highest BCUT2D eigenvalue weighted by Crippen LogP contribution is 2.64. The number of hydrogen-bond donors (Lipinski definition) is 0. The lowest BCUT2D eigenvalue weighted by Gasteiger charge is -2.66. The minimum Gasteiger partial charge on any atom is -0.496 e. The van der Waals surface area contributed by atoms with E-state index in [9.17, 15) is 0 Å². The number of likely N-dealkylation sites (tertiary alicyclic amines) is 3. The quantitative estimate of drug-likeness (QED) is 0.0630. The monoisotopic (exact) mass is 1310 g/mol. The van der Waals surface area contributed by atoms with Crippen LogP contribution in [0.2, 0.25) is 0 Å². The topological polar surface area (TPSA) is 28.7 Å². The molecule has 3 aliphatic rings. The summed E-state index contributed by atoms with van der Waals surface area (Å²) in [6.07, 6.45) is 7.66. The molecule has 10 aromatic carbocycles. The second kappa shape index (κ2) is 27.2. The van der Waals surface area contributed by atoms with Crippen molar-refractivity contribution < 1.29 is 4.74 Å². The highest BCUT2D eigenvalue weighted by Gasteiger charge is 2.67. The zero-order chi connectivity index (χ0) is 61.1. The average Bonchev–Trinajstić information content (AvgIpc) is 0.978. The van der Waals surface area contributed by atoms with Crippen molar-refractivity contribution in [3.05, 3.63) is 249 Å². The number of methoxy groups -OCH3 is 1. The minimum absolute atomic E-state index is 0.222. The van der Waals surface area contributed by atoms with Crippen molar-refractivity contribution in [3.8, 4) is 5.75 Å². The van der Waals surface area contributed by atoms with E-state index in [2.05, 4.69) is 301 Å². The Labute approximate surface area is 546 Å². The van der Waals surface area contributed by atoms with E-state index in [0.29, 0.717) is 19.1 Å². The van der Waals surface area contributed by atoms with E-state index in [0.717, 1.165) is 105 Å². The fourth-order valence-corrected chi connectivity index (χ4v) is 18.0. The molecule has 9 heteroatoms. The molecule has 0 spiro atoms. The summed E-state index contributed by atoms with van der Waals surface area (Å²) in [5, 5.41) is 10.1. The Morgan fingerprint density at radius 3 is 1.67 bits per heavy atom. The van der Waals surface area contributed by atoms with E-state index in [1.54, 1.807) is 0 Å². The summed E-state index contributed by atoms with van der Waals surface area (Å²) in [5.74, 6) is 0.901. The Morgan fingerprint density at radius 2 is 1.02 bits per heavy atom. The van der Waals surface area contributed by atoms with Crippen LogP contribution in [0.25, 0.3) is 43.1 Å². The number of anilines is 1. The molecule has 458 valence electrons. The van der Waals surface area contributed by atoms with Crippen molar-refractivity contribution >= 4 is 80.6 Å². The van der Waals surface area contributed by atoms with Crippen molar-refractivity contribution in [1.82, 2.24) is 24.5 Å². The first-order chi connectivity index (χ1) is 43.6. The molecule has 3 aliphatic heterocycles. The molecule has 3 heterocycles. The summed E-state index contributed by atoms with van der Waals surface area (Å²) in [4.78, 5) is 17.5. The highest BCUT2D eigenvalue weighted by molar-refractivity contribution is 9.10. The van der Waals surface area contributed by atoms with E-state index in [-0.39, 0.29) is 18.1 Å². The van der Waals surface area contributed by atoms with Crippen LogP contribution in [-0.4, -0.2) is 109 Å². The smallest absolute Gasteiger partial charge is 0.123 e. The van der Waals surface area contributed by atoms with Crippen LogP contribution in [0.4, 0.5) is 5.69 Å². The van der Waals surface area contributed by atoms with Gasteiger partial charge < -0.3 is 14.5 Å². The lowest BCUT2D eigenvalue weighted by Crippen LogP contribution is -2.72. The summed E-state index contributed by atoms with van der Waals surface area (Å²) < 4.78 is 8.72. The SMILES string of the molecule is CCN1CCCC1CN(Cc1cc(Br)ccc1OC)C(c1cccc2ccccc12)C(c1cccc2ccccc12)(N(Cc1cccc(Br)c1)CC1CCCN1CC)C(CC1CCCN1CC)(c1cccc2ccccc12)N(C)c1ccc2ccccc2c1. The average molecular weight is 1310 g/mol. The summed E-state index contributed by atoms with van der Waals surface area (Å²) in [5.41, 5.74) is 5.72. The maximum atomic E-state index is 6.58. The van der Waals surface area contributed by atoms with Gasteiger partial charge in [-0.3, -0.25) is 19.6 Å². The zero-order valence-corrected chi connectivity index (χ0v) is 56.1. The molecule has 7 nitrogen and oxygen atoms in total. The first-order valence-electron chi connectivity index (χ1n) is 33.1. The molecule has 13 rings (SSSR count). The summed E-state index contributed by atoms with van der Waals surface area (Å²) in [6.45, 7) is 16.4. The molecular formula is C80H88Br2N6O. The molecule has 0 radical (unpaired) electrons. The molecule has 10 aromatic rings. The van der Waals surface area contributed by atoms with Crippen LogP contribution < -0.4 is 9.64 Å². The van der Waals surface area contributed by atoms with Gasteiger partial charge in [0.2, 0.25) is 0 Å². The van der Waals surface area contributed by atoms with Crippen molar-refractivity contribution in [2.75, 3.05) is 71.4 Å². The van der Waals surface area contributed by atoms with Crippen LogP contribution >= 0.6 is 31.9 Å². The van der Waals surface area contributed by atoms with Crippen LogP contribution in [0.15, 0.2) is 221 Å². The van der Waals surface area contributed by atoms with Gasteiger partial charge >= 0.3 is 0 Å². The lowest BCUT2D eigenvalue weighted by atomic mass is 9.56. The maximum Gasteiger partial charge on any atom is 0.123 e. The van der Waals surface area contributed by atoms with Crippen LogP contribution in [0.1, 0.15) is 99.6 Å². The van der Waals surface area contributed by atoms with E-state index in [1.165, 1.54) is 83.9 Å². The van der Waals surface area contributed by atoms with E-state index in [4.69, 9.17) is 4.74 Å². The lowest BCUT2D eigenvalue weighted by molar-refractivity contribution is -0.0962. The van der Waals surface area contributed by atoms with Crippen molar-refractivity contribution in [3.63, 3.8) is 0 Å². The van der Waals surface area contributed by atoms with Gasteiger partial charge in [-0.15, -0.1) is 0 Å². The van der Waals surface area contributed by atoms with Gasteiger partial charge in [0.25, 0.3) is 0 Å². The van der Waals surface area contributed by atoms with Gasteiger partial charge in [-0.1, -0.05) is 222 Å². The number of likely N-dealkylation sites (N-methyl/N-ethyl adjacent to an activating group) is 3. The fourth-order valence-electron chi connectivity index (χ4n) is 17.2. The summed E-state index contributed by atoms with van der Waals surface area (Å²) in [6, 6.07) is 83.1. The number of nitrogens with zero attached hydrogens (tertiary/aromatic N) is 6.